The summed E-state index contributed by atoms with van der Waals surface area (Å²) < 4.78 is 7.12. The van der Waals surface area contributed by atoms with Gasteiger partial charge in [0.15, 0.2) is 11.3 Å². The van der Waals surface area contributed by atoms with E-state index in [0.29, 0.717) is 16.7 Å². The molecule has 3 aromatic rings. The van der Waals surface area contributed by atoms with Gasteiger partial charge in [-0.3, -0.25) is 14.9 Å². The van der Waals surface area contributed by atoms with Gasteiger partial charge in [0, 0.05) is 12.1 Å². The van der Waals surface area contributed by atoms with Crippen molar-refractivity contribution < 1.29 is 19.1 Å². The molecule has 3 amide bonds. The van der Waals surface area contributed by atoms with Crippen molar-refractivity contribution in [1.82, 2.24) is 20.2 Å². The van der Waals surface area contributed by atoms with E-state index in [9.17, 15) is 14.4 Å². The summed E-state index contributed by atoms with van der Waals surface area (Å²) in [7, 11) is 1.38. The molecule has 2 aromatic carbocycles. The van der Waals surface area contributed by atoms with Crippen LogP contribution in [0.1, 0.15) is 12.5 Å². The molecule has 8 nitrogen and oxygen atoms in total. The quantitative estimate of drug-likeness (QED) is 0.414. The maximum absolute atomic E-state index is 12.2. The van der Waals surface area contributed by atoms with Gasteiger partial charge in [0.05, 0.1) is 23.3 Å². The number of hydrogen-bond acceptors (Lipinski definition) is 6. The third-order valence-electron chi connectivity index (χ3n) is 4.32. The number of nitrogens with one attached hydrogen (secondary N) is 2. The smallest absolute Gasteiger partial charge is 0.321 e. The molecule has 1 atom stereocenters. The number of carbonyl (C=O) groups excluding carboxylic acids is 3. The molecular formula is C21H21ClN4O4S. The fourth-order valence-corrected chi connectivity index (χ4v) is 3.76. The monoisotopic (exact) mass is 460 g/mol. The SMILES string of the molecule is CNC(=O)NC(=O)C(C)OC(=O)CSc1nc2cc(Cl)ccc2n1Cc1ccccc1. The molecule has 10 heteroatoms. The van der Waals surface area contributed by atoms with Crippen molar-refractivity contribution in [2.45, 2.75) is 24.7 Å². The Morgan fingerprint density at radius 3 is 2.65 bits per heavy atom. The maximum atomic E-state index is 12.2. The Morgan fingerprint density at radius 2 is 1.94 bits per heavy atom. The lowest BCUT2D eigenvalue weighted by molar-refractivity contribution is -0.151. The second kappa shape index (κ2) is 10.3. The van der Waals surface area contributed by atoms with Crippen LogP contribution in [0.3, 0.4) is 0 Å². The van der Waals surface area contributed by atoms with E-state index in [1.54, 1.807) is 12.1 Å². The van der Waals surface area contributed by atoms with Gasteiger partial charge in [-0.1, -0.05) is 53.7 Å². The van der Waals surface area contributed by atoms with E-state index in [2.05, 4.69) is 15.6 Å². The van der Waals surface area contributed by atoms with Crippen molar-refractivity contribution in [2.75, 3.05) is 12.8 Å². The molecule has 0 aliphatic heterocycles. The standard InChI is InChI=1S/C21H21ClN4O4S/c1-13(19(28)25-20(29)23-2)30-18(27)12-31-21-24-16-10-15(22)8-9-17(16)26(21)11-14-6-4-3-5-7-14/h3-10,13H,11-12H2,1-2H3,(H2,23,25,28,29). The van der Waals surface area contributed by atoms with E-state index in [-0.39, 0.29) is 5.75 Å². The third-order valence-corrected chi connectivity index (χ3v) is 5.50. The van der Waals surface area contributed by atoms with E-state index < -0.39 is 24.0 Å². The fraction of sp³-hybridized carbons (Fsp3) is 0.238. The second-order valence-corrected chi connectivity index (χ2v) is 7.97. The highest BCUT2D eigenvalue weighted by Crippen LogP contribution is 2.27. The van der Waals surface area contributed by atoms with E-state index >= 15 is 0 Å². The van der Waals surface area contributed by atoms with Crippen LogP contribution in [0.5, 0.6) is 0 Å². The molecule has 1 aromatic heterocycles. The van der Waals surface area contributed by atoms with Crippen LogP contribution < -0.4 is 10.6 Å². The van der Waals surface area contributed by atoms with E-state index in [1.165, 1.54) is 25.7 Å². The van der Waals surface area contributed by atoms with Crippen LogP contribution >= 0.6 is 23.4 Å². The number of hydrogen-bond donors (Lipinski definition) is 2. The van der Waals surface area contributed by atoms with Gasteiger partial charge in [0.1, 0.15) is 0 Å². The van der Waals surface area contributed by atoms with Crippen LogP contribution in [0.25, 0.3) is 11.0 Å². The summed E-state index contributed by atoms with van der Waals surface area (Å²) in [6.45, 7) is 1.97. The molecular weight excluding hydrogens is 440 g/mol. The summed E-state index contributed by atoms with van der Waals surface area (Å²) in [6, 6.07) is 14.7. The van der Waals surface area contributed by atoms with Gasteiger partial charge in [-0.05, 0) is 30.7 Å². The van der Waals surface area contributed by atoms with E-state index in [0.717, 1.165) is 16.6 Å². The Labute approximate surface area is 188 Å². The van der Waals surface area contributed by atoms with E-state index in [1.807, 2.05) is 41.0 Å². The van der Waals surface area contributed by atoms with Crippen molar-refractivity contribution in [3.63, 3.8) is 0 Å². The summed E-state index contributed by atoms with van der Waals surface area (Å²) >= 11 is 7.31. The van der Waals surface area contributed by atoms with Crippen LogP contribution in [0.15, 0.2) is 53.7 Å². The van der Waals surface area contributed by atoms with Gasteiger partial charge in [0.2, 0.25) is 0 Å². The zero-order valence-corrected chi connectivity index (χ0v) is 18.5. The normalized spacial score (nSPS) is 11.7. The molecule has 2 N–H and O–H groups in total. The van der Waals surface area contributed by atoms with Crippen LogP contribution in [0.4, 0.5) is 4.79 Å². The molecule has 0 fully saturated rings. The van der Waals surface area contributed by atoms with Gasteiger partial charge in [0.25, 0.3) is 5.91 Å². The molecule has 0 aliphatic rings. The molecule has 0 aliphatic carbocycles. The third kappa shape index (κ3) is 5.99. The summed E-state index contributed by atoms with van der Waals surface area (Å²) in [5.74, 6) is -1.35. The Bertz CT molecular complexity index is 1100. The number of esters is 1. The van der Waals surface area contributed by atoms with Crippen LogP contribution in [-0.4, -0.2) is 46.4 Å². The second-order valence-electron chi connectivity index (χ2n) is 6.59. The minimum Gasteiger partial charge on any atom is -0.452 e. The average Bonchev–Trinajstić information content (AvgIpc) is 3.09. The first-order chi connectivity index (χ1) is 14.9. The molecule has 1 heterocycles. The summed E-state index contributed by atoms with van der Waals surface area (Å²) in [5.41, 5.74) is 2.70. The highest BCUT2D eigenvalue weighted by atomic mass is 35.5. The van der Waals surface area contributed by atoms with Gasteiger partial charge in [-0.25, -0.2) is 9.78 Å². The minimum atomic E-state index is -1.10. The molecule has 1 unspecified atom stereocenters. The molecule has 0 spiro atoms. The molecule has 31 heavy (non-hydrogen) atoms. The first kappa shape index (κ1) is 22.6. The number of thioether (sulfide) groups is 1. The zero-order chi connectivity index (χ0) is 22.4. The number of imidazole rings is 1. The van der Waals surface area contributed by atoms with Gasteiger partial charge in [-0.2, -0.15) is 0 Å². The fourth-order valence-electron chi connectivity index (χ4n) is 2.79. The molecule has 0 bridgehead atoms. The first-order valence-electron chi connectivity index (χ1n) is 9.42. The van der Waals surface area contributed by atoms with Crippen molar-refractivity contribution in [3.05, 3.63) is 59.1 Å². The predicted molar refractivity (Wildman–Crippen MR) is 119 cm³/mol. The van der Waals surface area contributed by atoms with Crippen molar-refractivity contribution in [1.29, 1.82) is 0 Å². The summed E-state index contributed by atoms with van der Waals surface area (Å²) in [4.78, 5) is 39.9. The lowest BCUT2D eigenvalue weighted by Gasteiger charge is -2.13. The molecule has 3 rings (SSSR count). The number of imide groups is 1. The Hall–Kier alpha value is -3.04. The number of nitrogens with zero attached hydrogens (tertiary/aromatic N) is 2. The maximum Gasteiger partial charge on any atom is 0.321 e. The number of urea groups is 1. The number of halogens is 1. The number of fused-ring (bicyclic) bond motifs is 1. The summed E-state index contributed by atoms with van der Waals surface area (Å²) in [5, 5.41) is 5.52. The first-order valence-corrected chi connectivity index (χ1v) is 10.8. The number of amides is 3. The van der Waals surface area contributed by atoms with Gasteiger partial charge < -0.3 is 14.6 Å². The van der Waals surface area contributed by atoms with Crippen LogP contribution in [0, 0.1) is 0 Å². The van der Waals surface area contributed by atoms with E-state index in [4.69, 9.17) is 16.3 Å². The van der Waals surface area contributed by atoms with Gasteiger partial charge >= 0.3 is 12.0 Å². The number of aromatic nitrogens is 2. The topological polar surface area (TPSA) is 102 Å². The highest BCUT2D eigenvalue weighted by molar-refractivity contribution is 7.99. The largest absolute Gasteiger partial charge is 0.452 e. The summed E-state index contributed by atoms with van der Waals surface area (Å²) in [6.07, 6.45) is -1.10. The Balaban J connectivity index is 1.72. The molecule has 162 valence electrons. The lowest BCUT2D eigenvalue weighted by atomic mass is 10.2. The zero-order valence-electron chi connectivity index (χ0n) is 16.9. The van der Waals surface area contributed by atoms with Crippen molar-refractivity contribution in [3.8, 4) is 0 Å². The highest BCUT2D eigenvalue weighted by Gasteiger charge is 2.21. The molecule has 0 saturated carbocycles. The Morgan fingerprint density at radius 1 is 1.19 bits per heavy atom. The number of benzene rings is 2. The van der Waals surface area contributed by atoms with Crippen LogP contribution in [-0.2, 0) is 20.9 Å². The minimum absolute atomic E-state index is 0.0521. The lowest BCUT2D eigenvalue weighted by Crippen LogP contribution is -2.43. The number of rotatable bonds is 7. The van der Waals surface area contributed by atoms with Crippen molar-refractivity contribution >= 4 is 52.3 Å². The van der Waals surface area contributed by atoms with Gasteiger partial charge in [-0.15, -0.1) is 0 Å². The van der Waals surface area contributed by atoms with Crippen LogP contribution in [0.2, 0.25) is 5.02 Å². The number of ether oxygens (including phenoxy) is 1. The van der Waals surface area contributed by atoms with Crippen molar-refractivity contribution in [2.24, 2.45) is 0 Å². The molecule has 0 saturated heterocycles. The predicted octanol–water partition coefficient (Wildman–Crippen LogP) is 3.22. The Kier molecular flexibility index (Phi) is 7.54. The number of carbonyl (C=O) groups is 3. The molecule has 0 radical (unpaired) electrons. The average molecular weight is 461 g/mol.